The number of para-hydroxylation sites is 1. The van der Waals surface area contributed by atoms with E-state index >= 15 is 0 Å². The predicted molar refractivity (Wildman–Crippen MR) is 63.6 cm³/mol. The molecule has 0 spiro atoms. The van der Waals surface area contributed by atoms with Gasteiger partial charge >= 0.3 is 6.18 Å². The third-order valence-electron chi connectivity index (χ3n) is 2.45. The number of aromatic nitrogens is 1. The summed E-state index contributed by atoms with van der Waals surface area (Å²) >= 11 is 0. The molecule has 1 heterocycles. The molecule has 19 heavy (non-hydrogen) atoms. The first-order chi connectivity index (χ1) is 9.02. The highest BCUT2D eigenvalue weighted by molar-refractivity contribution is 5.40. The molecule has 0 bridgehead atoms. The van der Waals surface area contributed by atoms with Crippen molar-refractivity contribution in [1.29, 1.82) is 0 Å². The maximum Gasteiger partial charge on any atom is 0.419 e. The monoisotopic (exact) mass is 268 g/mol. The summed E-state index contributed by atoms with van der Waals surface area (Å²) in [5.41, 5.74) is 5.03. The number of alkyl halides is 3. The highest BCUT2D eigenvalue weighted by Crippen LogP contribution is 2.38. The van der Waals surface area contributed by atoms with E-state index in [1.807, 2.05) is 0 Å². The van der Waals surface area contributed by atoms with Gasteiger partial charge in [-0.2, -0.15) is 13.2 Å². The maximum atomic E-state index is 12.8. The van der Waals surface area contributed by atoms with Gasteiger partial charge in [-0.05, 0) is 24.3 Å². The molecule has 0 fully saturated rings. The van der Waals surface area contributed by atoms with E-state index in [9.17, 15) is 13.2 Å². The van der Waals surface area contributed by atoms with E-state index in [4.69, 9.17) is 10.5 Å². The zero-order valence-electron chi connectivity index (χ0n) is 9.82. The minimum absolute atomic E-state index is 0.0877. The van der Waals surface area contributed by atoms with Gasteiger partial charge in [-0.15, -0.1) is 0 Å². The fourth-order valence-electron chi connectivity index (χ4n) is 1.58. The molecule has 2 rings (SSSR count). The van der Waals surface area contributed by atoms with E-state index in [1.165, 1.54) is 30.5 Å². The summed E-state index contributed by atoms with van der Waals surface area (Å²) in [6, 6.07) is 8.11. The molecule has 0 unspecified atom stereocenters. The van der Waals surface area contributed by atoms with Crippen LogP contribution in [0.2, 0.25) is 0 Å². The number of nitrogens with two attached hydrogens (primary N) is 1. The molecular formula is C13H11F3N2O. The molecule has 1 aromatic carbocycles. The smallest absolute Gasteiger partial charge is 0.419 e. The first-order valence-corrected chi connectivity index (χ1v) is 5.50. The van der Waals surface area contributed by atoms with Crippen LogP contribution < -0.4 is 10.5 Å². The Morgan fingerprint density at radius 1 is 1.05 bits per heavy atom. The van der Waals surface area contributed by atoms with E-state index in [1.54, 1.807) is 6.07 Å². The first-order valence-electron chi connectivity index (χ1n) is 5.50. The van der Waals surface area contributed by atoms with Crippen molar-refractivity contribution >= 4 is 0 Å². The Morgan fingerprint density at radius 3 is 2.42 bits per heavy atom. The van der Waals surface area contributed by atoms with Crippen LogP contribution in [0.15, 0.2) is 42.6 Å². The molecule has 2 N–H and O–H groups in total. The van der Waals surface area contributed by atoms with Crippen LogP contribution in [0.4, 0.5) is 13.2 Å². The molecule has 0 radical (unpaired) electrons. The van der Waals surface area contributed by atoms with Crippen molar-refractivity contribution < 1.29 is 17.9 Å². The van der Waals surface area contributed by atoms with E-state index < -0.39 is 11.7 Å². The van der Waals surface area contributed by atoms with Crippen molar-refractivity contribution in [2.24, 2.45) is 5.73 Å². The van der Waals surface area contributed by atoms with E-state index in [0.717, 1.165) is 6.07 Å². The number of hydrogen-bond acceptors (Lipinski definition) is 3. The van der Waals surface area contributed by atoms with Crippen molar-refractivity contribution in [2.45, 2.75) is 12.7 Å². The third kappa shape index (κ3) is 3.03. The van der Waals surface area contributed by atoms with Crippen molar-refractivity contribution in [3.63, 3.8) is 0 Å². The lowest BCUT2D eigenvalue weighted by Crippen LogP contribution is -2.08. The number of ether oxygens (including phenoxy) is 1. The largest absolute Gasteiger partial charge is 0.455 e. The number of benzene rings is 1. The summed E-state index contributed by atoms with van der Waals surface area (Å²) in [4.78, 5) is 3.95. The molecule has 0 aliphatic heterocycles. The summed E-state index contributed by atoms with van der Waals surface area (Å²) < 4.78 is 43.7. The fourth-order valence-corrected chi connectivity index (χ4v) is 1.58. The van der Waals surface area contributed by atoms with Crippen molar-refractivity contribution in [3.8, 4) is 11.5 Å². The molecule has 2 aromatic rings. The van der Waals surface area contributed by atoms with Crippen LogP contribution in [0.3, 0.4) is 0 Å². The van der Waals surface area contributed by atoms with Gasteiger partial charge in [0.25, 0.3) is 0 Å². The summed E-state index contributed by atoms with van der Waals surface area (Å²) in [6.45, 7) is 0.0877. The molecule has 0 saturated heterocycles. The molecule has 0 saturated carbocycles. The Hall–Kier alpha value is -2.08. The van der Waals surface area contributed by atoms with Gasteiger partial charge in [-0.1, -0.05) is 12.1 Å². The van der Waals surface area contributed by atoms with Gasteiger partial charge in [-0.25, -0.2) is 0 Å². The van der Waals surface area contributed by atoms with Gasteiger partial charge in [0.05, 0.1) is 11.3 Å². The number of nitrogens with zero attached hydrogens (tertiary/aromatic N) is 1. The summed E-state index contributed by atoms with van der Waals surface area (Å²) in [6.07, 6.45) is -2.97. The standard InChI is InChI=1S/C13H11F3N2O/c14-13(15,16)9-4-1-2-5-11(9)19-12-6-3-7-18-10(12)8-17/h1-7H,8,17H2. The van der Waals surface area contributed by atoms with E-state index in [0.29, 0.717) is 5.69 Å². The van der Waals surface area contributed by atoms with Gasteiger partial charge < -0.3 is 10.5 Å². The number of hydrogen-bond donors (Lipinski definition) is 1. The third-order valence-corrected chi connectivity index (χ3v) is 2.45. The molecule has 1 aromatic heterocycles. The molecule has 0 aliphatic carbocycles. The molecular weight excluding hydrogens is 257 g/mol. The highest BCUT2D eigenvalue weighted by Gasteiger charge is 2.34. The van der Waals surface area contributed by atoms with Crippen LogP contribution in [0.5, 0.6) is 11.5 Å². The predicted octanol–water partition coefficient (Wildman–Crippen LogP) is 3.35. The van der Waals surface area contributed by atoms with E-state index in [2.05, 4.69) is 4.98 Å². The number of rotatable bonds is 3. The van der Waals surface area contributed by atoms with Gasteiger partial charge in [0, 0.05) is 12.7 Å². The van der Waals surface area contributed by atoms with Crippen LogP contribution in [0.1, 0.15) is 11.3 Å². The molecule has 3 nitrogen and oxygen atoms in total. The molecule has 6 heteroatoms. The summed E-state index contributed by atoms with van der Waals surface area (Å²) in [5.74, 6) is -0.0422. The van der Waals surface area contributed by atoms with Crippen molar-refractivity contribution in [2.75, 3.05) is 0 Å². The fraction of sp³-hybridized carbons (Fsp3) is 0.154. The highest BCUT2D eigenvalue weighted by atomic mass is 19.4. The lowest BCUT2D eigenvalue weighted by molar-refractivity contribution is -0.138. The molecule has 0 atom stereocenters. The minimum atomic E-state index is -4.47. The van der Waals surface area contributed by atoms with Gasteiger partial charge in [0.15, 0.2) is 0 Å². The molecule has 0 amide bonds. The lowest BCUT2D eigenvalue weighted by atomic mass is 10.2. The second-order valence-electron chi connectivity index (χ2n) is 3.75. The molecule has 0 aliphatic rings. The van der Waals surface area contributed by atoms with Crippen molar-refractivity contribution in [3.05, 3.63) is 53.9 Å². The second-order valence-corrected chi connectivity index (χ2v) is 3.75. The number of pyridine rings is 1. The van der Waals surface area contributed by atoms with Crippen LogP contribution in [-0.4, -0.2) is 4.98 Å². The normalized spacial score (nSPS) is 11.4. The minimum Gasteiger partial charge on any atom is -0.455 e. The van der Waals surface area contributed by atoms with Crippen LogP contribution in [-0.2, 0) is 12.7 Å². The second kappa shape index (κ2) is 5.27. The SMILES string of the molecule is NCc1ncccc1Oc1ccccc1C(F)(F)F. The Bertz CT molecular complexity index is 570. The summed E-state index contributed by atoms with van der Waals surface area (Å²) in [5, 5.41) is 0. The van der Waals surface area contributed by atoms with Crippen LogP contribution in [0.25, 0.3) is 0 Å². The zero-order valence-corrected chi connectivity index (χ0v) is 9.82. The number of halogens is 3. The van der Waals surface area contributed by atoms with E-state index in [-0.39, 0.29) is 18.0 Å². The zero-order chi connectivity index (χ0) is 13.9. The van der Waals surface area contributed by atoms with Gasteiger partial charge in [0.1, 0.15) is 11.5 Å². The van der Waals surface area contributed by atoms with Gasteiger partial charge in [-0.3, -0.25) is 4.98 Å². The van der Waals surface area contributed by atoms with Gasteiger partial charge in [0.2, 0.25) is 0 Å². The lowest BCUT2D eigenvalue weighted by Gasteiger charge is -2.14. The quantitative estimate of drug-likeness (QED) is 0.928. The van der Waals surface area contributed by atoms with Crippen LogP contribution in [0, 0.1) is 0 Å². The average Bonchev–Trinajstić information content (AvgIpc) is 2.39. The Kier molecular flexibility index (Phi) is 3.71. The van der Waals surface area contributed by atoms with Crippen LogP contribution >= 0.6 is 0 Å². The first kappa shape index (κ1) is 13.4. The Labute approximate surface area is 107 Å². The summed E-state index contributed by atoms with van der Waals surface area (Å²) in [7, 11) is 0. The Balaban J connectivity index is 2.39. The topological polar surface area (TPSA) is 48.1 Å². The average molecular weight is 268 g/mol. The Morgan fingerprint density at radius 2 is 1.74 bits per heavy atom. The maximum absolute atomic E-state index is 12.8. The van der Waals surface area contributed by atoms with Crippen molar-refractivity contribution in [1.82, 2.24) is 4.98 Å². The molecule has 100 valence electrons.